The van der Waals surface area contributed by atoms with Crippen molar-refractivity contribution in [2.75, 3.05) is 6.61 Å². The number of carbonyl (C=O) groups excluding carboxylic acids is 1. The first-order valence-corrected chi connectivity index (χ1v) is 5.50. The fourth-order valence-electron chi connectivity index (χ4n) is 1.12. The molecule has 0 atom stereocenters. The standard InChI is InChI=1S/C8H9N5O2S/c1-2-15-8(14)7-10-11-12-13(7)4-6-3-9-5-16-6/h3,5H,2,4H2,1H3. The molecule has 0 saturated carbocycles. The van der Waals surface area contributed by atoms with Crippen molar-refractivity contribution >= 4 is 17.3 Å². The van der Waals surface area contributed by atoms with Crippen LogP contribution < -0.4 is 0 Å². The van der Waals surface area contributed by atoms with E-state index in [1.54, 1.807) is 18.6 Å². The number of esters is 1. The molecular weight excluding hydrogens is 230 g/mol. The van der Waals surface area contributed by atoms with Crippen LogP contribution in [0.2, 0.25) is 0 Å². The first-order chi connectivity index (χ1) is 7.81. The molecule has 0 aliphatic rings. The Hall–Kier alpha value is -1.83. The Morgan fingerprint density at radius 3 is 3.19 bits per heavy atom. The number of nitrogens with zero attached hydrogens (tertiary/aromatic N) is 5. The van der Waals surface area contributed by atoms with Gasteiger partial charge in [-0.2, -0.15) is 0 Å². The molecule has 0 aliphatic carbocycles. The highest BCUT2D eigenvalue weighted by Gasteiger charge is 2.16. The largest absolute Gasteiger partial charge is 0.460 e. The molecule has 0 aliphatic heterocycles. The molecule has 0 spiro atoms. The molecule has 0 N–H and O–H groups in total. The Balaban J connectivity index is 2.16. The molecule has 0 radical (unpaired) electrons. The Kier molecular flexibility index (Phi) is 3.20. The summed E-state index contributed by atoms with van der Waals surface area (Å²) in [6.07, 6.45) is 1.71. The van der Waals surface area contributed by atoms with Gasteiger partial charge in [-0.3, -0.25) is 4.98 Å². The zero-order valence-corrected chi connectivity index (χ0v) is 9.35. The summed E-state index contributed by atoms with van der Waals surface area (Å²) in [4.78, 5) is 16.4. The van der Waals surface area contributed by atoms with Crippen molar-refractivity contribution in [1.82, 2.24) is 25.2 Å². The fourth-order valence-corrected chi connectivity index (χ4v) is 1.70. The van der Waals surface area contributed by atoms with Gasteiger partial charge in [0.25, 0.3) is 5.82 Å². The van der Waals surface area contributed by atoms with Gasteiger partial charge in [0.1, 0.15) is 0 Å². The Morgan fingerprint density at radius 1 is 1.62 bits per heavy atom. The van der Waals surface area contributed by atoms with Crippen molar-refractivity contribution in [1.29, 1.82) is 0 Å². The number of carbonyl (C=O) groups is 1. The Labute approximate surface area is 95.1 Å². The predicted molar refractivity (Wildman–Crippen MR) is 55.0 cm³/mol. The maximum absolute atomic E-state index is 11.5. The number of ether oxygens (including phenoxy) is 1. The van der Waals surface area contributed by atoms with Gasteiger partial charge in [0.2, 0.25) is 0 Å². The van der Waals surface area contributed by atoms with Crippen LogP contribution >= 0.6 is 11.3 Å². The van der Waals surface area contributed by atoms with Crippen LogP contribution in [0.4, 0.5) is 0 Å². The SMILES string of the molecule is CCOC(=O)c1nnnn1Cc1cncs1. The molecule has 2 heterocycles. The smallest absolute Gasteiger partial charge is 0.378 e. The molecule has 84 valence electrons. The molecule has 8 heteroatoms. The minimum absolute atomic E-state index is 0.107. The minimum Gasteiger partial charge on any atom is -0.460 e. The molecule has 7 nitrogen and oxygen atoms in total. The van der Waals surface area contributed by atoms with Gasteiger partial charge in [0, 0.05) is 11.1 Å². The molecule has 0 saturated heterocycles. The summed E-state index contributed by atoms with van der Waals surface area (Å²) in [5.74, 6) is -0.410. The molecule has 0 amide bonds. The summed E-state index contributed by atoms with van der Waals surface area (Å²) < 4.78 is 6.23. The fraction of sp³-hybridized carbons (Fsp3) is 0.375. The highest BCUT2D eigenvalue weighted by Crippen LogP contribution is 2.08. The summed E-state index contributed by atoms with van der Waals surface area (Å²) >= 11 is 1.48. The van der Waals surface area contributed by atoms with E-state index in [-0.39, 0.29) is 5.82 Å². The topological polar surface area (TPSA) is 82.8 Å². The molecule has 0 bridgehead atoms. The molecular formula is C8H9N5O2S. The van der Waals surface area contributed by atoms with E-state index in [1.165, 1.54) is 16.0 Å². The first kappa shape index (κ1) is 10.7. The maximum atomic E-state index is 11.5. The van der Waals surface area contributed by atoms with Gasteiger partial charge in [-0.1, -0.05) is 0 Å². The third-order valence-corrected chi connectivity index (χ3v) is 2.54. The number of tetrazole rings is 1. The first-order valence-electron chi connectivity index (χ1n) is 4.62. The number of aromatic nitrogens is 5. The van der Waals surface area contributed by atoms with Crippen LogP contribution in [0.25, 0.3) is 0 Å². The quantitative estimate of drug-likeness (QED) is 0.716. The van der Waals surface area contributed by atoms with Crippen molar-refractivity contribution < 1.29 is 9.53 Å². The van der Waals surface area contributed by atoms with Gasteiger partial charge >= 0.3 is 5.97 Å². The lowest BCUT2D eigenvalue weighted by molar-refractivity contribution is 0.0505. The number of hydrogen-bond donors (Lipinski definition) is 0. The van der Waals surface area contributed by atoms with E-state index < -0.39 is 5.97 Å². The van der Waals surface area contributed by atoms with Gasteiger partial charge in [0.05, 0.1) is 18.7 Å². The predicted octanol–water partition coefficient (Wildman–Crippen LogP) is 0.355. The van der Waals surface area contributed by atoms with Crippen LogP contribution in [0.5, 0.6) is 0 Å². The lowest BCUT2D eigenvalue weighted by Crippen LogP contribution is -2.14. The van der Waals surface area contributed by atoms with Crippen LogP contribution in [-0.2, 0) is 11.3 Å². The number of rotatable bonds is 4. The van der Waals surface area contributed by atoms with E-state index in [1.807, 2.05) is 0 Å². The third kappa shape index (κ3) is 2.22. The van der Waals surface area contributed by atoms with Crippen molar-refractivity contribution in [2.45, 2.75) is 13.5 Å². The maximum Gasteiger partial charge on any atom is 0.378 e. The van der Waals surface area contributed by atoms with Gasteiger partial charge in [-0.05, 0) is 17.4 Å². The van der Waals surface area contributed by atoms with E-state index >= 15 is 0 Å². The van der Waals surface area contributed by atoms with E-state index in [0.717, 1.165) is 4.88 Å². The van der Waals surface area contributed by atoms with Crippen LogP contribution in [0.15, 0.2) is 11.7 Å². The zero-order chi connectivity index (χ0) is 11.4. The zero-order valence-electron chi connectivity index (χ0n) is 8.53. The average molecular weight is 239 g/mol. The second-order valence-corrected chi connectivity index (χ2v) is 3.82. The summed E-state index contributed by atoms with van der Waals surface area (Å²) in [5, 5.41) is 10.8. The normalized spacial score (nSPS) is 10.3. The molecule has 0 fully saturated rings. The van der Waals surface area contributed by atoms with Crippen molar-refractivity contribution in [3.05, 3.63) is 22.4 Å². The molecule has 2 rings (SSSR count). The van der Waals surface area contributed by atoms with Crippen molar-refractivity contribution in [2.24, 2.45) is 0 Å². The molecule has 2 aromatic rings. The van der Waals surface area contributed by atoms with Gasteiger partial charge in [0.15, 0.2) is 0 Å². The summed E-state index contributed by atoms with van der Waals surface area (Å²) in [5.41, 5.74) is 1.71. The summed E-state index contributed by atoms with van der Waals surface area (Å²) in [6.45, 7) is 2.45. The highest BCUT2D eigenvalue weighted by molar-refractivity contribution is 7.09. The monoisotopic (exact) mass is 239 g/mol. The minimum atomic E-state index is -0.517. The molecule has 0 aromatic carbocycles. The Morgan fingerprint density at radius 2 is 2.50 bits per heavy atom. The Bertz CT molecular complexity index is 466. The molecule has 16 heavy (non-hydrogen) atoms. The summed E-state index contributed by atoms with van der Waals surface area (Å²) in [6, 6.07) is 0. The van der Waals surface area contributed by atoms with E-state index in [2.05, 4.69) is 20.5 Å². The third-order valence-electron chi connectivity index (χ3n) is 1.78. The van der Waals surface area contributed by atoms with Crippen LogP contribution in [0.3, 0.4) is 0 Å². The van der Waals surface area contributed by atoms with Crippen LogP contribution in [-0.4, -0.2) is 37.8 Å². The average Bonchev–Trinajstić information content (AvgIpc) is 2.90. The number of thiazole rings is 1. The van der Waals surface area contributed by atoms with Gasteiger partial charge in [-0.25, -0.2) is 9.48 Å². The van der Waals surface area contributed by atoms with Gasteiger partial charge < -0.3 is 4.74 Å². The van der Waals surface area contributed by atoms with Crippen LogP contribution in [0.1, 0.15) is 22.4 Å². The van der Waals surface area contributed by atoms with Gasteiger partial charge in [-0.15, -0.1) is 16.4 Å². The highest BCUT2D eigenvalue weighted by atomic mass is 32.1. The van der Waals surface area contributed by atoms with Crippen molar-refractivity contribution in [3.63, 3.8) is 0 Å². The molecule has 0 unspecified atom stereocenters. The lowest BCUT2D eigenvalue weighted by Gasteiger charge is -2.01. The van der Waals surface area contributed by atoms with E-state index in [4.69, 9.17) is 4.74 Å². The van der Waals surface area contributed by atoms with Crippen molar-refractivity contribution in [3.8, 4) is 0 Å². The second-order valence-electron chi connectivity index (χ2n) is 2.85. The number of hydrogen-bond acceptors (Lipinski definition) is 7. The molecule has 2 aromatic heterocycles. The summed E-state index contributed by atoms with van der Waals surface area (Å²) in [7, 11) is 0. The lowest BCUT2D eigenvalue weighted by atomic mass is 10.5. The van der Waals surface area contributed by atoms with E-state index in [0.29, 0.717) is 13.2 Å². The van der Waals surface area contributed by atoms with E-state index in [9.17, 15) is 4.79 Å². The second kappa shape index (κ2) is 4.79. The van der Waals surface area contributed by atoms with Crippen LogP contribution in [0, 0.1) is 0 Å².